The second-order valence-corrected chi connectivity index (χ2v) is 3.75. The average Bonchev–Trinajstić information content (AvgIpc) is 2.27. The fourth-order valence-electron chi connectivity index (χ4n) is 1.21. The molecule has 1 nitrogen and oxygen atoms in total. The second kappa shape index (κ2) is 2.29. The van der Waals surface area contributed by atoms with E-state index in [-0.39, 0.29) is 5.37 Å². The minimum atomic E-state index is 0.289. The van der Waals surface area contributed by atoms with E-state index in [0.29, 0.717) is 0 Å². The highest BCUT2D eigenvalue weighted by atomic mass is 32.2. The van der Waals surface area contributed by atoms with Crippen molar-refractivity contribution in [1.82, 2.24) is 0 Å². The molecule has 1 aliphatic heterocycles. The van der Waals surface area contributed by atoms with Gasteiger partial charge in [0.05, 0.1) is 5.37 Å². The minimum Gasteiger partial charge on any atom is -0.319 e. The molecule has 0 radical (unpaired) electrons. The summed E-state index contributed by atoms with van der Waals surface area (Å²) in [6, 6.07) is 8.41. The van der Waals surface area contributed by atoms with E-state index in [4.69, 9.17) is 5.73 Å². The van der Waals surface area contributed by atoms with Crippen LogP contribution >= 0.6 is 11.8 Å². The van der Waals surface area contributed by atoms with Crippen LogP contribution in [-0.4, -0.2) is 5.37 Å². The van der Waals surface area contributed by atoms with Gasteiger partial charge in [-0.05, 0) is 18.1 Å². The van der Waals surface area contributed by atoms with Crippen LogP contribution in [-0.2, 0) is 6.42 Å². The number of hydrogen-bond donors (Lipinski definition) is 1. The molecule has 0 amide bonds. The quantitative estimate of drug-likeness (QED) is 0.609. The maximum Gasteiger partial charge on any atom is 0.0595 e. The van der Waals surface area contributed by atoms with Crippen LogP contribution in [0, 0.1) is 0 Å². The van der Waals surface area contributed by atoms with Crippen molar-refractivity contribution in [3.8, 4) is 0 Å². The molecule has 0 saturated heterocycles. The van der Waals surface area contributed by atoms with Crippen LogP contribution < -0.4 is 5.73 Å². The second-order valence-electron chi connectivity index (χ2n) is 2.47. The monoisotopic (exact) mass is 151 g/mol. The molecule has 0 fully saturated rings. The summed E-state index contributed by atoms with van der Waals surface area (Å²) in [5, 5.41) is 0.289. The van der Waals surface area contributed by atoms with Crippen molar-refractivity contribution in [3.05, 3.63) is 29.8 Å². The van der Waals surface area contributed by atoms with Gasteiger partial charge in [0.1, 0.15) is 0 Å². The normalized spacial score (nSPS) is 22.7. The molecule has 0 aromatic heterocycles. The summed E-state index contributed by atoms with van der Waals surface area (Å²) in [5.74, 6) is 0. The lowest BCUT2D eigenvalue weighted by molar-refractivity contribution is 0.919. The summed E-state index contributed by atoms with van der Waals surface area (Å²) in [6.45, 7) is 0. The molecule has 1 aromatic rings. The Morgan fingerprint density at radius 2 is 2.20 bits per heavy atom. The number of rotatable bonds is 0. The van der Waals surface area contributed by atoms with E-state index in [1.165, 1.54) is 10.5 Å². The first-order chi connectivity index (χ1) is 4.86. The molecule has 1 heterocycles. The van der Waals surface area contributed by atoms with Gasteiger partial charge in [0, 0.05) is 4.90 Å². The van der Waals surface area contributed by atoms with Gasteiger partial charge in [-0.3, -0.25) is 0 Å². The molecule has 1 unspecified atom stereocenters. The Kier molecular flexibility index (Phi) is 1.43. The van der Waals surface area contributed by atoms with Crippen LogP contribution in [0.25, 0.3) is 0 Å². The molecule has 2 heteroatoms. The van der Waals surface area contributed by atoms with Crippen LogP contribution in [0.4, 0.5) is 0 Å². The molecule has 2 N–H and O–H groups in total. The van der Waals surface area contributed by atoms with Crippen molar-refractivity contribution in [2.45, 2.75) is 16.7 Å². The number of benzene rings is 1. The summed E-state index contributed by atoms with van der Waals surface area (Å²) < 4.78 is 0. The Bertz CT molecular complexity index is 222. The van der Waals surface area contributed by atoms with Gasteiger partial charge in [-0.15, -0.1) is 11.8 Å². The predicted molar refractivity (Wildman–Crippen MR) is 44.0 cm³/mol. The zero-order valence-corrected chi connectivity index (χ0v) is 6.40. The van der Waals surface area contributed by atoms with Crippen molar-refractivity contribution in [2.75, 3.05) is 0 Å². The Morgan fingerprint density at radius 3 is 3.00 bits per heavy atom. The van der Waals surface area contributed by atoms with Crippen LogP contribution in [0.15, 0.2) is 29.2 Å². The van der Waals surface area contributed by atoms with Crippen molar-refractivity contribution in [2.24, 2.45) is 5.73 Å². The standard InChI is InChI=1S/C8H9NS/c9-8-5-6-3-1-2-4-7(6)10-8/h1-4,8H,5,9H2. The van der Waals surface area contributed by atoms with Gasteiger partial charge in [-0.2, -0.15) is 0 Å². The molecule has 0 bridgehead atoms. The zero-order chi connectivity index (χ0) is 6.97. The van der Waals surface area contributed by atoms with Crippen LogP contribution in [0.5, 0.6) is 0 Å². The van der Waals surface area contributed by atoms with E-state index in [9.17, 15) is 0 Å². The van der Waals surface area contributed by atoms with Crippen LogP contribution in [0.2, 0.25) is 0 Å². The molecule has 1 atom stereocenters. The predicted octanol–water partition coefficient (Wildman–Crippen LogP) is 1.62. The molecule has 0 spiro atoms. The highest BCUT2D eigenvalue weighted by molar-refractivity contribution is 8.00. The molecule has 10 heavy (non-hydrogen) atoms. The van der Waals surface area contributed by atoms with E-state index >= 15 is 0 Å². The number of nitrogens with two attached hydrogens (primary N) is 1. The highest BCUT2D eigenvalue weighted by Crippen LogP contribution is 2.33. The van der Waals surface area contributed by atoms with E-state index < -0.39 is 0 Å². The number of thioether (sulfide) groups is 1. The summed E-state index contributed by atoms with van der Waals surface area (Å²) in [4.78, 5) is 1.36. The van der Waals surface area contributed by atoms with Gasteiger partial charge in [0.2, 0.25) is 0 Å². The largest absolute Gasteiger partial charge is 0.319 e. The van der Waals surface area contributed by atoms with Gasteiger partial charge in [0.15, 0.2) is 0 Å². The highest BCUT2D eigenvalue weighted by Gasteiger charge is 2.16. The lowest BCUT2D eigenvalue weighted by Crippen LogP contribution is -2.12. The van der Waals surface area contributed by atoms with Gasteiger partial charge in [0.25, 0.3) is 0 Å². The van der Waals surface area contributed by atoms with Crippen molar-refractivity contribution in [1.29, 1.82) is 0 Å². The molecule has 0 saturated carbocycles. The van der Waals surface area contributed by atoms with Crippen molar-refractivity contribution in [3.63, 3.8) is 0 Å². The Labute approximate surface area is 64.6 Å². The molecule has 0 aliphatic carbocycles. The summed E-state index contributed by atoms with van der Waals surface area (Å²) in [6.07, 6.45) is 1.03. The summed E-state index contributed by atoms with van der Waals surface area (Å²) in [7, 11) is 0. The third-order valence-electron chi connectivity index (χ3n) is 1.67. The number of fused-ring (bicyclic) bond motifs is 1. The molecular formula is C8H9NS. The molecule has 52 valence electrons. The smallest absolute Gasteiger partial charge is 0.0595 e. The zero-order valence-electron chi connectivity index (χ0n) is 5.58. The van der Waals surface area contributed by atoms with Gasteiger partial charge in [-0.25, -0.2) is 0 Å². The molecule has 2 rings (SSSR count). The maximum absolute atomic E-state index is 5.75. The lowest BCUT2D eigenvalue weighted by Gasteiger charge is -1.94. The summed E-state index contributed by atoms with van der Waals surface area (Å²) >= 11 is 1.77. The van der Waals surface area contributed by atoms with Gasteiger partial charge in [-0.1, -0.05) is 18.2 Å². The first-order valence-electron chi connectivity index (χ1n) is 3.36. The first-order valence-corrected chi connectivity index (χ1v) is 4.24. The third-order valence-corrected chi connectivity index (χ3v) is 2.79. The van der Waals surface area contributed by atoms with Gasteiger partial charge >= 0.3 is 0 Å². The topological polar surface area (TPSA) is 26.0 Å². The Balaban J connectivity index is 2.42. The third kappa shape index (κ3) is 0.935. The minimum absolute atomic E-state index is 0.289. The Hall–Kier alpha value is -0.470. The van der Waals surface area contributed by atoms with E-state index in [0.717, 1.165) is 6.42 Å². The molecule has 1 aromatic carbocycles. The van der Waals surface area contributed by atoms with E-state index in [1.54, 1.807) is 11.8 Å². The Morgan fingerprint density at radius 1 is 1.40 bits per heavy atom. The first kappa shape index (κ1) is 6.25. The van der Waals surface area contributed by atoms with Gasteiger partial charge < -0.3 is 5.73 Å². The average molecular weight is 151 g/mol. The number of hydrogen-bond acceptors (Lipinski definition) is 2. The molecule has 1 aliphatic rings. The SMILES string of the molecule is NC1Cc2ccccc2S1. The van der Waals surface area contributed by atoms with Crippen LogP contribution in [0.3, 0.4) is 0 Å². The molecular weight excluding hydrogens is 142 g/mol. The fourth-order valence-corrected chi connectivity index (χ4v) is 2.26. The lowest BCUT2D eigenvalue weighted by atomic mass is 10.2. The maximum atomic E-state index is 5.75. The van der Waals surface area contributed by atoms with Crippen molar-refractivity contribution >= 4 is 11.8 Å². The van der Waals surface area contributed by atoms with Crippen molar-refractivity contribution < 1.29 is 0 Å². The summed E-state index contributed by atoms with van der Waals surface area (Å²) in [5.41, 5.74) is 7.15. The fraction of sp³-hybridized carbons (Fsp3) is 0.250. The van der Waals surface area contributed by atoms with Crippen LogP contribution in [0.1, 0.15) is 5.56 Å². The van der Waals surface area contributed by atoms with E-state index in [2.05, 4.69) is 24.3 Å². The van der Waals surface area contributed by atoms with E-state index in [1.807, 2.05) is 0 Å².